The molecule has 1 rings (SSSR count). The summed E-state index contributed by atoms with van der Waals surface area (Å²) in [6, 6.07) is 1.90. The highest BCUT2D eigenvalue weighted by Crippen LogP contribution is 2.14. The Bertz CT molecular complexity index is 375. The number of nitrogens with zero attached hydrogens (tertiary/aromatic N) is 2. The minimum absolute atomic E-state index is 0.143. The number of ether oxygens (including phenoxy) is 1. The Morgan fingerprint density at radius 3 is 2.68 bits per heavy atom. The van der Waals surface area contributed by atoms with Crippen LogP contribution in [0, 0.1) is 0 Å². The van der Waals surface area contributed by atoms with E-state index in [-0.39, 0.29) is 12.6 Å². The van der Waals surface area contributed by atoms with Gasteiger partial charge < -0.3 is 20.6 Å². The minimum Gasteiger partial charge on any atom is -0.396 e. The third-order valence-electron chi connectivity index (χ3n) is 2.68. The molecular weight excluding hydrogens is 246 g/mol. The van der Waals surface area contributed by atoms with E-state index >= 15 is 0 Å². The minimum atomic E-state index is 0.143. The van der Waals surface area contributed by atoms with Gasteiger partial charge in [0.05, 0.1) is 0 Å². The Balaban J connectivity index is 2.80. The fourth-order valence-electron chi connectivity index (χ4n) is 1.65. The van der Waals surface area contributed by atoms with E-state index in [0.717, 1.165) is 6.42 Å². The second-order valence-electron chi connectivity index (χ2n) is 4.10. The van der Waals surface area contributed by atoms with Crippen LogP contribution in [0.5, 0.6) is 0 Å². The highest BCUT2D eigenvalue weighted by Gasteiger charge is 2.09. The third kappa shape index (κ3) is 5.37. The zero-order chi connectivity index (χ0) is 14.1. The summed E-state index contributed by atoms with van der Waals surface area (Å²) in [6.45, 7) is 5.06. The average molecular weight is 269 g/mol. The normalized spacial score (nSPS) is 12.2. The van der Waals surface area contributed by atoms with Gasteiger partial charge in [-0.15, -0.1) is 0 Å². The molecule has 7 nitrogen and oxygen atoms in total. The first kappa shape index (κ1) is 15.6. The maximum absolute atomic E-state index is 8.99. The molecule has 0 aromatic carbocycles. The predicted molar refractivity (Wildman–Crippen MR) is 74.6 cm³/mol. The van der Waals surface area contributed by atoms with Crippen LogP contribution in [0.15, 0.2) is 6.07 Å². The van der Waals surface area contributed by atoms with Crippen LogP contribution in [0.1, 0.15) is 32.5 Å². The van der Waals surface area contributed by atoms with Crippen LogP contribution in [0.3, 0.4) is 0 Å². The molecule has 1 aromatic rings. The molecule has 1 aromatic heterocycles. The lowest BCUT2D eigenvalue weighted by molar-refractivity contribution is 0.128. The Morgan fingerprint density at radius 1 is 1.37 bits per heavy atom. The van der Waals surface area contributed by atoms with Gasteiger partial charge in [-0.2, -0.15) is 0 Å². The molecule has 1 heterocycles. The highest BCUT2D eigenvalue weighted by molar-refractivity contribution is 5.47. The lowest BCUT2D eigenvalue weighted by Gasteiger charge is -2.17. The second kappa shape index (κ2) is 8.63. The van der Waals surface area contributed by atoms with Crippen molar-refractivity contribution in [3.63, 3.8) is 0 Å². The molecule has 0 bridgehead atoms. The molecule has 0 aliphatic heterocycles. The molecule has 0 saturated heterocycles. The number of nitrogens with two attached hydrogens (primary N) is 1. The van der Waals surface area contributed by atoms with Crippen LogP contribution >= 0.6 is 0 Å². The number of aliphatic hydroxyl groups is 1. The van der Waals surface area contributed by atoms with E-state index in [4.69, 9.17) is 15.7 Å². The number of anilines is 2. The SMILES string of the molecule is CCOCc1nc(NN)cc(NC(CC)CCO)n1. The molecule has 0 amide bonds. The molecule has 5 N–H and O–H groups in total. The van der Waals surface area contributed by atoms with Crippen molar-refractivity contribution in [1.29, 1.82) is 0 Å². The number of hydrogen-bond acceptors (Lipinski definition) is 7. The smallest absolute Gasteiger partial charge is 0.158 e. The molecule has 1 unspecified atom stereocenters. The maximum Gasteiger partial charge on any atom is 0.158 e. The van der Waals surface area contributed by atoms with E-state index < -0.39 is 0 Å². The average Bonchev–Trinajstić information content (AvgIpc) is 2.44. The second-order valence-corrected chi connectivity index (χ2v) is 4.10. The summed E-state index contributed by atoms with van der Waals surface area (Å²) in [4.78, 5) is 8.57. The number of aliphatic hydroxyl groups excluding tert-OH is 1. The molecule has 0 aliphatic rings. The van der Waals surface area contributed by atoms with Gasteiger partial charge in [0.2, 0.25) is 0 Å². The largest absolute Gasteiger partial charge is 0.396 e. The van der Waals surface area contributed by atoms with E-state index in [0.29, 0.717) is 37.1 Å². The van der Waals surface area contributed by atoms with Crippen LogP contribution in [-0.4, -0.2) is 34.3 Å². The summed E-state index contributed by atoms with van der Waals surface area (Å²) in [7, 11) is 0. The Morgan fingerprint density at radius 2 is 2.11 bits per heavy atom. The Hall–Kier alpha value is -1.44. The summed E-state index contributed by atoms with van der Waals surface area (Å²) in [5, 5.41) is 12.3. The molecule has 0 radical (unpaired) electrons. The van der Waals surface area contributed by atoms with Gasteiger partial charge in [0.25, 0.3) is 0 Å². The molecule has 7 heteroatoms. The maximum atomic E-state index is 8.99. The van der Waals surface area contributed by atoms with Gasteiger partial charge in [0, 0.05) is 25.3 Å². The molecular formula is C12H23N5O2. The van der Waals surface area contributed by atoms with Crippen LogP contribution in [0.25, 0.3) is 0 Å². The number of rotatable bonds is 9. The Labute approximate surface area is 113 Å². The molecule has 108 valence electrons. The van der Waals surface area contributed by atoms with Crippen LogP contribution < -0.4 is 16.6 Å². The third-order valence-corrected chi connectivity index (χ3v) is 2.68. The van der Waals surface area contributed by atoms with Gasteiger partial charge in [-0.05, 0) is 19.8 Å². The highest BCUT2D eigenvalue weighted by atomic mass is 16.5. The molecule has 0 saturated carbocycles. The fraction of sp³-hybridized carbons (Fsp3) is 0.667. The quantitative estimate of drug-likeness (QED) is 0.389. The van der Waals surface area contributed by atoms with Gasteiger partial charge in [0.1, 0.15) is 18.2 Å². The standard InChI is InChI=1S/C12H23N5O2/c1-3-9(5-6-18)14-10-7-11(17-13)16-12(15-10)8-19-4-2/h7,9,18H,3-6,8,13H2,1-2H3,(H2,14,15,16,17). The molecule has 0 spiro atoms. The van der Waals surface area contributed by atoms with Gasteiger partial charge in [-0.1, -0.05) is 6.92 Å². The Kier molecular flexibility index (Phi) is 7.09. The van der Waals surface area contributed by atoms with Gasteiger partial charge >= 0.3 is 0 Å². The summed E-state index contributed by atoms with van der Waals surface area (Å²) in [5.41, 5.74) is 2.51. The predicted octanol–water partition coefficient (Wildman–Crippen LogP) is 0.872. The van der Waals surface area contributed by atoms with Gasteiger partial charge in [0.15, 0.2) is 5.82 Å². The molecule has 19 heavy (non-hydrogen) atoms. The van der Waals surface area contributed by atoms with E-state index in [1.165, 1.54) is 0 Å². The number of aromatic nitrogens is 2. The topological polar surface area (TPSA) is 105 Å². The zero-order valence-corrected chi connectivity index (χ0v) is 11.5. The van der Waals surface area contributed by atoms with E-state index in [1.807, 2.05) is 6.92 Å². The number of nitrogen functional groups attached to an aromatic ring is 1. The first-order chi connectivity index (χ1) is 9.23. The lowest BCUT2D eigenvalue weighted by Crippen LogP contribution is -2.21. The van der Waals surface area contributed by atoms with E-state index in [2.05, 4.69) is 27.6 Å². The number of hydrazine groups is 1. The number of nitrogens with one attached hydrogen (secondary N) is 2. The molecule has 1 atom stereocenters. The first-order valence-corrected chi connectivity index (χ1v) is 6.53. The zero-order valence-electron chi connectivity index (χ0n) is 11.5. The monoisotopic (exact) mass is 269 g/mol. The van der Waals surface area contributed by atoms with Crippen LogP contribution in [0.2, 0.25) is 0 Å². The summed E-state index contributed by atoms with van der Waals surface area (Å²) < 4.78 is 5.29. The van der Waals surface area contributed by atoms with Crippen molar-refractivity contribution in [2.75, 3.05) is 24.0 Å². The first-order valence-electron chi connectivity index (χ1n) is 6.53. The van der Waals surface area contributed by atoms with Gasteiger partial charge in [-0.25, -0.2) is 15.8 Å². The lowest BCUT2D eigenvalue weighted by atomic mass is 10.1. The molecule has 0 fully saturated rings. The van der Waals surface area contributed by atoms with Crippen molar-refractivity contribution < 1.29 is 9.84 Å². The van der Waals surface area contributed by atoms with Crippen LogP contribution in [-0.2, 0) is 11.3 Å². The summed E-state index contributed by atoms with van der Waals surface area (Å²) >= 11 is 0. The van der Waals surface area contributed by atoms with Crippen molar-refractivity contribution in [3.8, 4) is 0 Å². The van der Waals surface area contributed by atoms with Crippen LogP contribution in [0.4, 0.5) is 11.6 Å². The molecule has 0 aliphatic carbocycles. The van der Waals surface area contributed by atoms with Crippen molar-refractivity contribution in [3.05, 3.63) is 11.9 Å². The van der Waals surface area contributed by atoms with Gasteiger partial charge in [-0.3, -0.25) is 0 Å². The van der Waals surface area contributed by atoms with E-state index in [1.54, 1.807) is 6.07 Å². The summed E-state index contributed by atoms with van der Waals surface area (Å²) in [5.74, 6) is 7.17. The number of hydrogen-bond donors (Lipinski definition) is 4. The van der Waals surface area contributed by atoms with Crippen molar-refractivity contribution in [2.24, 2.45) is 5.84 Å². The van der Waals surface area contributed by atoms with Crippen molar-refractivity contribution >= 4 is 11.6 Å². The summed E-state index contributed by atoms with van der Waals surface area (Å²) in [6.07, 6.45) is 1.57. The fourth-order valence-corrected chi connectivity index (χ4v) is 1.65. The van der Waals surface area contributed by atoms with E-state index in [9.17, 15) is 0 Å². The van der Waals surface area contributed by atoms with Crippen molar-refractivity contribution in [2.45, 2.75) is 39.3 Å². The van der Waals surface area contributed by atoms with Crippen molar-refractivity contribution in [1.82, 2.24) is 9.97 Å².